The van der Waals surface area contributed by atoms with Crippen molar-refractivity contribution in [1.29, 1.82) is 0 Å². The van der Waals surface area contributed by atoms with E-state index in [1.54, 1.807) is 6.92 Å². The number of carbonyl (C=O) groups is 1. The van der Waals surface area contributed by atoms with Gasteiger partial charge in [0.2, 0.25) is 16.0 Å². The number of anilines is 1. The quantitative estimate of drug-likeness (QED) is 0.879. The Labute approximate surface area is 117 Å². The van der Waals surface area contributed by atoms with Crippen LogP contribution < -0.4 is 11.1 Å². The molecule has 2 rings (SSSR count). The third-order valence-corrected chi connectivity index (χ3v) is 4.35. The summed E-state index contributed by atoms with van der Waals surface area (Å²) in [5, 5.41) is 7.52. The van der Waals surface area contributed by atoms with E-state index in [0.29, 0.717) is 17.8 Å². The number of alkyl halides is 3. The second-order valence-corrected chi connectivity index (χ2v) is 6.18. The van der Waals surface area contributed by atoms with Crippen LogP contribution in [0.4, 0.5) is 18.3 Å². The van der Waals surface area contributed by atoms with E-state index in [1.165, 1.54) is 0 Å². The van der Waals surface area contributed by atoms with Crippen molar-refractivity contribution in [3.05, 3.63) is 5.01 Å². The van der Waals surface area contributed by atoms with E-state index in [2.05, 4.69) is 15.5 Å². The van der Waals surface area contributed by atoms with Crippen LogP contribution in [0.1, 0.15) is 37.6 Å². The minimum atomic E-state index is -4.55. The lowest BCUT2D eigenvalue weighted by Crippen LogP contribution is -2.51. The fourth-order valence-corrected chi connectivity index (χ4v) is 2.98. The third-order valence-electron chi connectivity index (χ3n) is 3.47. The van der Waals surface area contributed by atoms with Crippen LogP contribution >= 0.6 is 11.3 Å². The van der Waals surface area contributed by atoms with E-state index < -0.39 is 22.6 Å². The molecular weight excluding hydrogens is 293 g/mol. The minimum absolute atomic E-state index is 0.149. The van der Waals surface area contributed by atoms with Gasteiger partial charge in [0.05, 0.1) is 5.92 Å². The van der Waals surface area contributed by atoms with E-state index in [0.717, 1.165) is 19.3 Å². The van der Waals surface area contributed by atoms with Crippen molar-refractivity contribution in [2.24, 2.45) is 11.7 Å². The number of rotatable bonds is 2. The van der Waals surface area contributed by atoms with Crippen LogP contribution in [0.15, 0.2) is 0 Å². The van der Waals surface area contributed by atoms with Crippen molar-refractivity contribution >= 4 is 22.4 Å². The maximum Gasteiger partial charge on any atom is 0.445 e. The molecule has 0 saturated heterocycles. The molecule has 9 heteroatoms. The maximum absolute atomic E-state index is 12.4. The van der Waals surface area contributed by atoms with Gasteiger partial charge in [-0.25, -0.2) is 0 Å². The summed E-state index contributed by atoms with van der Waals surface area (Å²) in [4.78, 5) is 12.1. The van der Waals surface area contributed by atoms with Gasteiger partial charge in [-0.3, -0.25) is 4.79 Å². The molecule has 112 valence electrons. The minimum Gasteiger partial charge on any atom is -0.325 e. The van der Waals surface area contributed by atoms with Crippen LogP contribution in [0.3, 0.4) is 0 Å². The molecule has 1 aliphatic rings. The SMILES string of the molecule is CC1(N)CCCCC1C(=O)Nc1nnc(C(F)(F)F)s1. The predicted octanol–water partition coefficient (Wildman–Crippen LogP) is 2.40. The average molecular weight is 308 g/mol. The van der Waals surface area contributed by atoms with Crippen molar-refractivity contribution in [1.82, 2.24) is 10.2 Å². The Morgan fingerprint density at radius 2 is 2.15 bits per heavy atom. The highest BCUT2D eigenvalue weighted by Gasteiger charge is 2.39. The van der Waals surface area contributed by atoms with Gasteiger partial charge < -0.3 is 11.1 Å². The van der Waals surface area contributed by atoms with Gasteiger partial charge in [0, 0.05) is 5.54 Å². The summed E-state index contributed by atoms with van der Waals surface area (Å²) in [5.41, 5.74) is 5.44. The molecule has 1 aromatic rings. The normalized spacial score (nSPS) is 27.4. The molecule has 1 aromatic heterocycles. The molecule has 3 N–H and O–H groups in total. The van der Waals surface area contributed by atoms with E-state index in [-0.39, 0.29) is 11.0 Å². The Morgan fingerprint density at radius 1 is 1.45 bits per heavy atom. The van der Waals surface area contributed by atoms with Crippen molar-refractivity contribution < 1.29 is 18.0 Å². The topological polar surface area (TPSA) is 80.9 Å². The monoisotopic (exact) mass is 308 g/mol. The molecule has 1 fully saturated rings. The largest absolute Gasteiger partial charge is 0.445 e. The molecule has 0 aliphatic heterocycles. The van der Waals surface area contributed by atoms with Crippen LogP contribution in [-0.4, -0.2) is 21.6 Å². The van der Waals surface area contributed by atoms with Gasteiger partial charge in [0.15, 0.2) is 0 Å². The number of nitrogens with zero attached hydrogens (tertiary/aromatic N) is 2. The second-order valence-electron chi connectivity index (χ2n) is 5.20. The number of amides is 1. The van der Waals surface area contributed by atoms with Crippen molar-refractivity contribution in [2.45, 2.75) is 44.3 Å². The Hall–Kier alpha value is -1.22. The second kappa shape index (κ2) is 5.28. The number of nitrogens with two attached hydrogens (primary N) is 1. The average Bonchev–Trinajstić information content (AvgIpc) is 2.76. The zero-order valence-corrected chi connectivity index (χ0v) is 11.6. The highest BCUT2D eigenvalue weighted by Crippen LogP contribution is 2.35. The first kappa shape index (κ1) is 15.2. The molecule has 0 radical (unpaired) electrons. The molecule has 2 atom stereocenters. The third kappa shape index (κ3) is 3.26. The lowest BCUT2D eigenvalue weighted by molar-refractivity contribution is -0.138. The Morgan fingerprint density at radius 3 is 2.70 bits per heavy atom. The number of hydrogen-bond acceptors (Lipinski definition) is 5. The lowest BCUT2D eigenvalue weighted by Gasteiger charge is -2.36. The standard InChI is InChI=1S/C11H15F3N4OS/c1-10(15)5-3-2-4-6(10)7(19)16-9-18-17-8(20-9)11(12,13)14/h6H,2-5,15H2,1H3,(H,16,18,19). The molecule has 1 amide bonds. The Balaban J connectivity index is 2.06. The molecule has 20 heavy (non-hydrogen) atoms. The van der Waals surface area contributed by atoms with Gasteiger partial charge in [0.1, 0.15) is 0 Å². The summed E-state index contributed by atoms with van der Waals surface area (Å²) in [6, 6.07) is 0. The van der Waals surface area contributed by atoms with Gasteiger partial charge in [-0.2, -0.15) is 13.2 Å². The van der Waals surface area contributed by atoms with Gasteiger partial charge in [-0.1, -0.05) is 24.2 Å². The van der Waals surface area contributed by atoms with E-state index >= 15 is 0 Å². The van der Waals surface area contributed by atoms with Crippen molar-refractivity contribution in [2.75, 3.05) is 5.32 Å². The molecule has 0 aromatic carbocycles. The molecular formula is C11H15F3N4OS. The lowest BCUT2D eigenvalue weighted by atomic mass is 9.74. The Bertz CT molecular complexity index is 500. The molecule has 1 saturated carbocycles. The van der Waals surface area contributed by atoms with Crippen LogP contribution in [0, 0.1) is 5.92 Å². The van der Waals surface area contributed by atoms with E-state index in [9.17, 15) is 18.0 Å². The van der Waals surface area contributed by atoms with Crippen molar-refractivity contribution in [3.8, 4) is 0 Å². The summed E-state index contributed by atoms with van der Waals surface area (Å²) in [6.45, 7) is 1.79. The summed E-state index contributed by atoms with van der Waals surface area (Å²) in [5.74, 6) is -0.811. The van der Waals surface area contributed by atoms with Gasteiger partial charge in [-0.05, 0) is 19.8 Å². The van der Waals surface area contributed by atoms with Crippen LogP contribution in [-0.2, 0) is 11.0 Å². The number of aromatic nitrogens is 2. The number of hydrogen-bond donors (Lipinski definition) is 2. The molecule has 0 bridgehead atoms. The van der Waals surface area contributed by atoms with Gasteiger partial charge in [-0.15, -0.1) is 10.2 Å². The fraction of sp³-hybridized carbons (Fsp3) is 0.727. The van der Waals surface area contributed by atoms with E-state index in [4.69, 9.17) is 5.73 Å². The highest BCUT2D eigenvalue weighted by molar-refractivity contribution is 7.15. The number of nitrogens with one attached hydrogen (secondary N) is 1. The molecule has 1 aliphatic carbocycles. The zero-order chi connectivity index (χ0) is 15.0. The van der Waals surface area contributed by atoms with Gasteiger partial charge >= 0.3 is 6.18 Å². The van der Waals surface area contributed by atoms with Gasteiger partial charge in [0.25, 0.3) is 0 Å². The molecule has 1 heterocycles. The maximum atomic E-state index is 12.4. The van der Waals surface area contributed by atoms with Crippen LogP contribution in [0.5, 0.6) is 0 Å². The zero-order valence-electron chi connectivity index (χ0n) is 10.8. The molecule has 0 spiro atoms. The van der Waals surface area contributed by atoms with Crippen molar-refractivity contribution in [3.63, 3.8) is 0 Å². The summed E-state index contributed by atoms with van der Waals surface area (Å²) in [6.07, 6.45) is -1.37. The summed E-state index contributed by atoms with van der Waals surface area (Å²) >= 11 is 0.312. The number of carbonyl (C=O) groups excluding carboxylic acids is 1. The van der Waals surface area contributed by atoms with E-state index in [1.807, 2.05) is 0 Å². The molecule has 2 unspecified atom stereocenters. The van der Waals surface area contributed by atoms with Crippen LogP contribution in [0.2, 0.25) is 0 Å². The first-order valence-corrected chi connectivity index (χ1v) is 7.02. The smallest absolute Gasteiger partial charge is 0.325 e. The fourth-order valence-electron chi connectivity index (χ4n) is 2.37. The molecule has 5 nitrogen and oxygen atoms in total. The first-order chi connectivity index (χ1) is 9.20. The highest BCUT2D eigenvalue weighted by atomic mass is 32.1. The van der Waals surface area contributed by atoms with Crippen LogP contribution in [0.25, 0.3) is 0 Å². The first-order valence-electron chi connectivity index (χ1n) is 6.20. The Kier molecular flexibility index (Phi) is 4.01. The summed E-state index contributed by atoms with van der Waals surface area (Å²) < 4.78 is 37.2. The summed E-state index contributed by atoms with van der Waals surface area (Å²) in [7, 11) is 0. The number of halogens is 3. The predicted molar refractivity (Wildman–Crippen MR) is 68.1 cm³/mol.